The Labute approximate surface area is 172 Å². The molecule has 0 amide bonds. The molecule has 0 fully saturated rings. The summed E-state index contributed by atoms with van der Waals surface area (Å²) < 4.78 is 31.2. The normalized spacial score (nSPS) is 11.5. The second-order valence-electron chi connectivity index (χ2n) is 6.95. The Morgan fingerprint density at radius 3 is 2.55 bits per heavy atom. The molecule has 4 rings (SSSR count). The zero-order chi connectivity index (χ0) is 20.5. The smallest absolute Gasteiger partial charge is 0.183 e. The molecule has 2 aromatic heterocycles. The van der Waals surface area contributed by atoms with E-state index in [-0.39, 0.29) is 17.2 Å². The van der Waals surface area contributed by atoms with Crippen LogP contribution in [-0.2, 0) is 0 Å². The summed E-state index contributed by atoms with van der Waals surface area (Å²) in [6.45, 7) is 6.08. The van der Waals surface area contributed by atoms with E-state index in [9.17, 15) is 8.78 Å². The summed E-state index contributed by atoms with van der Waals surface area (Å²) >= 11 is 1.54. The predicted molar refractivity (Wildman–Crippen MR) is 113 cm³/mol. The molecule has 148 valence electrons. The van der Waals surface area contributed by atoms with Crippen molar-refractivity contribution in [3.05, 3.63) is 60.6 Å². The van der Waals surface area contributed by atoms with Gasteiger partial charge in [0.15, 0.2) is 5.65 Å². The lowest BCUT2D eigenvalue weighted by molar-refractivity contribution is 0.610. The maximum atomic E-state index is 14.7. The Morgan fingerprint density at radius 1 is 1.00 bits per heavy atom. The zero-order valence-corrected chi connectivity index (χ0v) is 17.2. The van der Waals surface area contributed by atoms with E-state index in [1.54, 1.807) is 42.5 Å². The Kier molecular flexibility index (Phi) is 5.32. The van der Waals surface area contributed by atoms with Gasteiger partial charge in [-0.05, 0) is 49.4 Å². The Morgan fingerprint density at radius 2 is 1.83 bits per heavy atom. The minimum atomic E-state index is -0.477. The minimum Gasteiger partial charge on any atom is -0.311 e. The van der Waals surface area contributed by atoms with E-state index in [0.29, 0.717) is 16.7 Å². The van der Waals surface area contributed by atoms with Crippen LogP contribution in [0.25, 0.3) is 33.4 Å². The third kappa shape index (κ3) is 3.62. The highest BCUT2D eigenvalue weighted by molar-refractivity contribution is 7.99. The number of nitrogens with zero attached hydrogens (tertiary/aromatic N) is 4. The molecule has 4 aromatic rings. The first-order valence-corrected chi connectivity index (χ1v) is 10.4. The first kappa shape index (κ1) is 19.5. The van der Waals surface area contributed by atoms with Gasteiger partial charge in [0.05, 0.1) is 12.5 Å². The molecule has 0 unspecified atom stereocenters. The lowest BCUT2D eigenvalue weighted by Gasteiger charge is -2.10. The molecule has 0 aliphatic heterocycles. The SMILES string of the molecule is CCSc1ccc(-c2cc(-c3cnnc4c3ncn4C(C)C)ccc2F)c(F)c1. The number of imidazole rings is 1. The minimum absolute atomic E-state index is 0.182. The van der Waals surface area contributed by atoms with Gasteiger partial charge in [-0.15, -0.1) is 16.9 Å². The van der Waals surface area contributed by atoms with Crippen molar-refractivity contribution in [3.8, 4) is 22.3 Å². The van der Waals surface area contributed by atoms with Crippen LogP contribution in [0, 0.1) is 11.6 Å². The second-order valence-corrected chi connectivity index (χ2v) is 8.28. The van der Waals surface area contributed by atoms with E-state index in [4.69, 9.17) is 0 Å². The van der Waals surface area contributed by atoms with Crippen molar-refractivity contribution in [1.82, 2.24) is 19.7 Å². The van der Waals surface area contributed by atoms with Crippen LogP contribution in [0.3, 0.4) is 0 Å². The van der Waals surface area contributed by atoms with E-state index in [1.165, 1.54) is 12.1 Å². The van der Waals surface area contributed by atoms with Gasteiger partial charge in [0.1, 0.15) is 17.2 Å². The van der Waals surface area contributed by atoms with Crippen LogP contribution in [-0.4, -0.2) is 25.5 Å². The zero-order valence-electron chi connectivity index (χ0n) is 16.4. The van der Waals surface area contributed by atoms with E-state index < -0.39 is 11.6 Å². The van der Waals surface area contributed by atoms with Crippen molar-refractivity contribution in [3.63, 3.8) is 0 Å². The number of benzene rings is 2. The number of hydrogen-bond donors (Lipinski definition) is 0. The maximum Gasteiger partial charge on any atom is 0.183 e. The number of aromatic nitrogens is 4. The van der Waals surface area contributed by atoms with Crippen molar-refractivity contribution >= 4 is 22.9 Å². The summed E-state index contributed by atoms with van der Waals surface area (Å²) in [5.41, 5.74) is 3.23. The van der Waals surface area contributed by atoms with Crippen LogP contribution in [0.1, 0.15) is 26.8 Å². The summed E-state index contributed by atoms with van der Waals surface area (Å²) in [6.07, 6.45) is 3.33. The predicted octanol–water partition coefficient (Wildman–Crippen LogP) is 6.13. The number of halogens is 2. The lowest BCUT2D eigenvalue weighted by Crippen LogP contribution is -2.00. The highest BCUT2D eigenvalue weighted by Crippen LogP contribution is 2.34. The molecule has 7 heteroatoms. The summed E-state index contributed by atoms with van der Waals surface area (Å²) in [5, 5.41) is 8.30. The summed E-state index contributed by atoms with van der Waals surface area (Å²) in [4.78, 5) is 5.30. The van der Waals surface area contributed by atoms with E-state index >= 15 is 0 Å². The van der Waals surface area contributed by atoms with Gasteiger partial charge in [-0.25, -0.2) is 13.8 Å². The molecule has 0 radical (unpaired) electrons. The fraction of sp³-hybridized carbons (Fsp3) is 0.227. The highest BCUT2D eigenvalue weighted by atomic mass is 32.2. The fourth-order valence-corrected chi connectivity index (χ4v) is 3.99. The Hall–Kier alpha value is -2.80. The van der Waals surface area contributed by atoms with Gasteiger partial charge >= 0.3 is 0 Å². The largest absolute Gasteiger partial charge is 0.311 e. The van der Waals surface area contributed by atoms with E-state index in [2.05, 4.69) is 15.2 Å². The van der Waals surface area contributed by atoms with Crippen LogP contribution in [0.4, 0.5) is 8.78 Å². The maximum absolute atomic E-state index is 14.7. The molecule has 0 spiro atoms. The number of hydrogen-bond acceptors (Lipinski definition) is 4. The average Bonchev–Trinajstić information content (AvgIpc) is 3.14. The summed E-state index contributed by atoms with van der Waals surface area (Å²) in [6, 6.07) is 9.73. The molecular weight excluding hydrogens is 390 g/mol. The van der Waals surface area contributed by atoms with Crippen LogP contribution in [0.2, 0.25) is 0 Å². The molecule has 0 aliphatic carbocycles. The van der Waals surface area contributed by atoms with Crippen LogP contribution in [0.15, 0.2) is 53.8 Å². The van der Waals surface area contributed by atoms with Gasteiger partial charge in [-0.3, -0.25) is 0 Å². The Balaban J connectivity index is 1.84. The molecule has 29 heavy (non-hydrogen) atoms. The van der Waals surface area contributed by atoms with E-state index in [1.807, 2.05) is 31.4 Å². The number of thioether (sulfide) groups is 1. The molecule has 0 bridgehead atoms. The Bertz CT molecular complexity index is 1190. The number of rotatable bonds is 5. The molecule has 4 nitrogen and oxygen atoms in total. The molecule has 0 saturated carbocycles. The number of fused-ring (bicyclic) bond motifs is 1. The first-order valence-electron chi connectivity index (χ1n) is 9.40. The van der Waals surface area contributed by atoms with Crippen molar-refractivity contribution in [2.24, 2.45) is 0 Å². The molecule has 0 saturated heterocycles. The third-order valence-electron chi connectivity index (χ3n) is 4.74. The van der Waals surface area contributed by atoms with Gasteiger partial charge < -0.3 is 4.57 Å². The summed E-state index contributed by atoms with van der Waals surface area (Å²) in [5.74, 6) is -0.0763. The van der Waals surface area contributed by atoms with Gasteiger partial charge in [0.25, 0.3) is 0 Å². The molecule has 0 atom stereocenters. The van der Waals surface area contributed by atoms with E-state index in [0.717, 1.165) is 16.2 Å². The molecular formula is C22H20F2N4S. The standard InChI is InChI=1S/C22H20F2N4S/c1-4-29-15-6-7-16(20(24)10-15)17-9-14(5-8-19(17)23)18-11-26-27-22-21(18)25-12-28(22)13(2)3/h5-13H,4H2,1-3H3. The van der Waals surface area contributed by atoms with Gasteiger partial charge in [-0.1, -0.05) is 19.1 Å². The summed E-state index contributed by atoms with van der Waals surface area (Å²) in [7, 11) is 0. The lowest BCUT2D eigenvalue weighted by atomic mass is 9.98. The van der Waals surface area contributed by atoms with Crippen molar-refractivity contribution in [2.45, 2.75) is 31.7 Å². The third-order valence-corrected chi connectivity index (χ3v) is 5.61. The van der Waals surface area contributed by atoms with Crippen molar-refractivity contribution in [2.75, 3.05) is 5.75 Å². The van der Waals surface area contributed by atoms with Crippen LogP contribution < -0.4 is 0 Å². The van der Waals surface area contributed by atoms with Gasteiger partial charge in [0.2, 0.25) is 0 Å². The van der Waals surface area contributed by atoms with Gasteiger partial charge in [0, 0.05) is 27.6 Å². The molecule has 0 aliphatic rings. The first-order chi connectivity index (χ1) is 14.0. The second kappa shape index (κ2) is 7.91. The molecule has 2 heterocycles. The quantitative estimate of drug-likeness (QED) is 0.371. The monoisotopic (exact) mass is 410 g/mol. The van der Waals surface area contributed by atoms with Crippen LogP contribution in [0.5, 0.6) is 0 Å². The van der Waals surface area contributed by atoms with Crippen molar-refractivity contribution < 1.29 is 8.78 Å². The van der Waals surface area contributed by atoms with Crippen molar-refractivity contribution in [1.29, 1.82) is 0 Å². The topological polar surface area (TPSA) is 43.6 Å². The highest BCUT2D eigenvalue weighted by Gasteiger charge is 2.16. The average molecular weight is 410 g/mol. The molecule has 0 N–H and O–H groups in total. The van der Waals surface area contributed by atoms with Crippen LogP contribution >= 0.6 is 11.8 Å². The fourth-order valence-electron chi connectivity index (χ4n) is 3.31. The van der Waals surface area contributed by atoms with Gasteiger partial charge in [-0.2, -0.15) is 5.10 Å². The molecule has 2 aromatic carbocycles.